The first-order valence-electron chi connectivity index (χ1n) is 6.12. The Balaban J connectivity index is 1.82. The van der Waals surface area contributed by atoms with Crippen LogP contribution in [0.1, 0.15) is 18.1 Å². The first kappa shape index (κ1) is 12.1. The average Bonchev–Trinajstić information content (AvgIpc) is 2.68. The minimum atomic E-state index is 0.0947. The van der Waals surface area contributed by atoms with Gasteiger partial charge in [0.1, 0.15) is 0 Å². The van der Waals surface area contributed by atoms with Crippen molar-refractivity contribution < 1.29 is 4.79 Å². The first-order chi connectivity index (χ1) is 8.29. The Morgan fingerprint density at radius 1 is 1.29 bits per heavy atom. The van der Waals surface area contributed by atoms with Gasteiger partial charge in [-0.25, -0.2) is 0 Å². The van der Waals surface area contributed by atoms with Crippen LogP contribution in [0.4, 0.5) is 5.69 Å². The second-order valence-electron chi connectivity index (χ2n) is 4.25. The standard InChI is InChI=1S/C13H19N3O/c1-2-14-5-6-15-9-10-3-4-12-11(7-10)8-13(17)16-12/h3-4,7,14-15H,2,5-6,8-9H2,1H3,(H,16,17). The van der Waals surface area contributed by atoms with E-state index in [1.54, 1.807) is 0 Å². The van der Waals surface area contributed by atoms with E-state index in [0.29, 0.717) is 6.42 Å². The third-order valence-electron chi connectivity index (χ3n) is 2.85. The lowest BCUT2D eigenvalue weighted by Gasteiger charge is -2.06. The number of carbonyl (C=O) groups excluding carboxylic acids is 1. The predicted octanol–water partition coefficient (Wildman–Crippen LogP) is 0.880. The second-order valence-corrected chi connectivity index (χ2v) is 4.25. The molecule has 1 aliphatic rings. The Bertz CT molecular complexity index is 404. The molecule has 3 N–H and O–H groups in total. The van der Waals surface area contributed by atoms with E-state index >= 15 is 0 Å². The summed E-state index contributed by atoms with van der Waals surface area (Å²) in [5.74, 6) is 0.0947. The van der Waals surface area contributed by atoms with Gasteiger partial charge < -0.3 is 16.0 Å². The van der Waals surface area contributed by atoms with Crippen LogP contribution in [0.3, 0.4) is 0 Å². The molecule has 0 radical (unpaired) electrons. The van der Waals surface area contributed by atoms with Crippen LogP contribution in [-0.4, -0.2) is 25.5 Å². The Hall–Kier alpha value is -1.39. The van der Waals surface area contributed by atoms with Crippen LogP contribution in [0.15, 0.2) is 18.2 Å². The summed E-state index contributed by atoms with van der Waals surface area (Å²) in [6.45, 7) is 5.91. The molecule has 0 saturated heterocycles. The minimum Gasteiger partial charge on any atom is -0.326 e. The fourth-order valence-corrected chi connectivity index (χ4v) is 1.98. The Morgan fingerprint density at radius 3 is 2.94 bits per heavy atom. The molecule has 0 aromatic heterocycles. The molecule has 1 aromatic rings. The van der Waals surface area contributed by atoms with Crippen LogP contribution >= 0.6 is 0 Å². The summed E-state index contributed by atoms with van der Waals surface area (Å²) in [7, 11) is 0. The van der Waals surface area contributed by atoms with E-state index in [4.69, 9.17) is 0 Å². The van der Waals surface area contributed by atoms with E-state index in [1.807, 2.05) is 6.07 Å². The van der Waals surface area contributed by atoms with E-state index in [9.17, 15) is 4.79 Å². The average molecular weight is 233 g/mol. The largest absolute Gasteiger partial charge is 0.326 e. The monoisotopic (exact) mass is 233 g/mol. The Kier molecular flexibility index (Phi) is 4.12. The number of benzene rings is 1. The highest BCUT2D eigenvalue weighted by Gasteiger charge is 2.16. The van der Waals surface area contributed by atoms with Gasteiger partial charge >= 0.3 is 0 Å². The van der Waals surface area contributed by atoms with Crippen molar-refractivity contribution in [2.75, 3.05) is 25.0 Å². The van der Waals surface area contributed by atoms with Crippen molar-refractivity contribution in [3.63, 3.8) is 0 Å². The van der Waals surface area contributed by atoms with Gasteiger partial charge in [0.25, 0.3) is 0 Å². The number of hydrogen-bond acceptors (Lipinski definition) is 3. The summed E-state index contributed by atoms with van der Waals surface area (Å²) in [5.41, 5.74) is 3.31. The van der Waals surface area contributed by atoms with Gasteiger partial charge in [0, 0.05) is 25.3 Å². The van der Waals surface area contributed by atoms with Crippen molar-refractivity contribution in [3.05, 3.63) is 29.3 Å². The van der Waals surface area contributed by atoms with Gasteiger partial charge in [-0.2, -0.15) is 0 Å². The molecule has 17 heavy (non-hydrogen) atoms. The highest BCUT2D eigenvalue weighted by molar-refractivity contribution is 5.99. The van der Waals surface area contributed by atoms with Crippen molar-refractivity contribution in [1.29, 1.82) is 0 Å². The molecule has 1 heterocycles. The predicted molar refractivity (Wildman–Crippen MR) is 69.0 cm³/mol. The van der Waals surface area contributed by atoms with Gasteiger partial charge in [-0.15, -0.1) is 0 Å². The quantitative estimate of drug-likeness (QED) is 0.639. The van der Waals surface area contributed by atoms with E-state index in [1.165, 1.54) is 5.56 Å². The molecular formula is C13H19N3O. The number of rotatable bonds is 6. The number of fused-ring (bicyclic) bond motifs is 1. The molecule has 0 bridgehead atoms. The van der Waals surface area contributed by atoms with Crippen LogP contribution in [0.25, 0.3) is 0 Å². The number of anilines is 1. The van der Waals surface area contributed by atoms with E-state index in [0.717, 1.165) is 37.4 Å². The number of likely N-dealkylation sites (N-methyl/N-ethyl adjacent to an activating group) is 1. The summed E-state index contributed by atoms with van der Waals surface area (Å²) in [6, 6.07) is 6.15. The van der Waals surface area contributed by atoms with Gasteiger partial charge in [-0.3, -0.25) is 4.79 Å². The highest BCUT2D eigenvalue weighted by Crippen LogP contribution is 2.23. The SMILES string of the molecule is CCNCCNCc1ccc2c(c1)CC(=O)N2. The summed E-state index contributed by atoms with van der Waals surface area (Å²) in [5, 5.41) is 9.48. The zero-order chi connectivity index (χ0) is 12.1. The summed E-state index contributed by atoms with van der Waals surface area (Å²) >= 11 is 0. The molecule has 0 unspecified atom stereocenters. The molecule has 1 aromatic carbocycles. The molecule has 1 aliphatic heterocycles. The topological polar surface area (TPSA) is 53.2 Å². The number of nitrogens with one attached hydrogen (secondary N) is 3. The van der Waals surface area contributed by atoms with Gasteiger partial charge in [0.05, 0.1) is 6.42 Å². The van der Waals surface area contributed by atoms with Crippen molar-refractivity contribution >= 4 is 11.6 Å². The molecule has 4 nitrogen and oxygen atoms in total. The normalized spacial score (nSPS) is 13.6. The number of carbonyl (C=O) groups is 1. The van der Waals surface area contributed by atoms with Crippen LogP contribution in [0.2, 0.25) is 0 Å². The third-order valence-corrected chi connectivity index (χ3v) is 2.85. The molecule has 0 fully saturated rings. The maximum atomic E-state index is 11.2. The van der Waals surface area contributed by atoms with Crippen molar-refractivity contribution in [2.24, 2.45) is 0 Å². The molecule has 0 atom stereocenters. The van der Waals surface area contributed by atoms with Crippen molar-refractivity contribution in [1.82, 2.24) is 10.6 Å². The lowest BCUT2D eigenvalue weighted by molar-refractivity contribution is -0.115. The second kappa shape index (κ2) is 5.80. The lowest BCUT2D eigenvalue weighted by atomic mass is 10.1. The highest BCUT2D eigenvalue weighted by atomic mass is 16.1. The van der Waals surface area contributed by atoms with Gasteiger partial charge in [-0.1, -0.05) is 19.1 Å². The fraction of sp³-hybridized carbons (Fsp3) is 0.462. The Morgan fingerprint density at radius 2 is 2.12 bits per heavy atom. The van der Waals surface area contributed by atoms with E-state index in [2.05, 4.69) is 35.0 Å². The summed E-state index contributed by atoms with van der Waals surface area (Å²) in [6.07, 6.45) is 0.514. The van der Waals surface area contributed by atoms with Crippen molar-refractivity contribution in [3.8, 4) is 0 Å². The third kappa shape index (κ3) is 3.28. The van der Waals surface area contributed by atoms with Gasteiger partial charge in [-0.05, 0) is 23.7 Å². The van der Waals surface area contributed by atoms with Crippen LogP contribution in [0.5, 0.6) is 0 Å². The first-order valence-corrected chi connectivity index (χ1v) is 6.12. The fourth-order valence-electron chi connectivity index (χ4n) is 1.98. The minimum absolute atomic E-state index is 0.0947. The summed E-state index contributed by atoms with van der Waals surface area (Å²) in [4.78, 5) is 11.2. The molecule has 1 amide bonds. The lowest BCUT2D eigenvalue weighted by Crippen LogP contribution is -2.26. The number of hydrogen-bond donors (Lipinski definition) is 3. The molecule has 2 rings (SSSR count). The van der Waals surface area contributed by atoms with Crippen LogP contribution in [0, 0.1) is 0 Å². The molecule has 0 aliphatic carbocycles. The molecule has 0 saturated carbocycles. The zero-order valence-electron chi connectivity index (χ0n) is 10.2. The maximum Gasteiger partial charge on any atom is 0.228 e. The smallest absolute Gasteiger partial charge is 0.228 e. The van der Waals surface area contributed by atoms with Crippen molar-refractivity contribution in [2.45, 2.75) is 19.9 Å². The molecular weight excluding hydrogens is 214 g/mol. The maximum absolute atomic E-state index is 11.2. The van der Waals surface area contributed by atoms with Crippen LogP contribution < -0.4 is 16.0 Å². The molecule has 4 heteroatoms. The Labute approximate surface area is 102 Å². The van der Waals surface area contributed by atoms with Gasteiger partial charge in [0.15, 0.2) is 0 Å². The molecule has 92 valence electrons. The van der Waals surface area contributed by atoms with E-state index in [-0.39, 0.29) is 5.91 Å². The van der Waals surface area contributed by atoms with E-state index < -0.39 is 0 Å². The molecule has 0 spiro atoms. The summed E-state index contributed by atoms with van der Waals surface area (Å²) < 4.78 is 0. The zero-order valence-corrected chi connectivity index (χ0v) is 10.2. The number of amides is 1. The van der Waals surface area contributed by atoms with Crippen LogP contribution in [-0.2, 0) is 17.8 Å². The van der Waals surface area contributed by atoms with Gasteiger partial charge in [0.2, 0.25) is 5.91 Å².